The summed E-state index contributed by atoms with van der Waals surface area (Å²) in [5, 5.41) is 5.29. The van der Waals surface area contributed by atoms with Gasteiger partial charge in [0.05, 0.1) is 16.9 Å². The first-order chi connectivity index (χ1) is 17.3. The Morgan fingerprint density at radius 1 is 0.778 bits per heavy atom. The molecule has 184 valence electrons. The van der Waals surface area contributed by atoms with Gasteiger partial charge in [0, 0.05) is 29.0 Å². The first-order valence-electron chi connectivity index (χ1n) is 11.0. The van der Waals surface area contributed by atoms with Crippen molar-refractivity contribution in [2.75, 3.05) is 27.3 Å². The molecule has 4 rings (SSSR count). The molecule has 9 heteroatoms. The van der Waals surface area contributed by atoms with Crippen molar-refractivity contribution in [3.05, 3.63) is 109 Å². The normalized spacial score (nSPS) is 11.0. The lowest BCUT2D eigenvalue weighted by atomic mass is 10.2. The molecule has 0 aliphatic heterocycles. The van der Waals surface area contributed by atoms with Crippen LogP contribution in [0, 0.1) is 0 Å². The number of carbonyl (C=O) groups excluding carboxylic acids is 1. The van der Waals surface area contributed by atoms with E-state index in [-0.39, 0.29) is 5.69 Å². The molecule has 0 spiro atoms. The first-order valence-corrected chi connectivity index (χ1v) is 11.8. The van der Waals surface area contributed by atoms with E-state index in [2.05, 4.69) is 15.4 Å². The number of para-hydroxylation sites is 2. The SMILES string of the molecule is CN(c1ccccc1)c1ccc(SNc2ccccc2)cc1NC(=O)Nc1cccc(C(F)(F)F)c1. The molecule has 0 fully saturated rings. The Kier molecular flexibility index (Phi) is 7.70. The third kappa shape index (κ3) is 6.51. The van der Waals surface area contributed by atoms with Gasteiger partial charge in [-0.1, -0.05) is 42.5 Å². The summed E-state index contributed by atoms with van der Waals surface area (Å²) in [5.74, 6) is 0. The molecule has 0 saturated heterocycles. The van der Waals surface area contributed by atoms with Gasteiger partial charge in [0.15, 0.2) is 0 Å². The number of hydrogen-bond donors (Lipinski definition) is 3. The number of halogens is 3. The number of urea groups is 1. The van der Waals surface area contributed by atoms with Crippen molar-refractivity contribution < 1.29 is 18.0 Å². The predicted octanol–water partition coefficient (Wildman–Crippen LogP) is 8.24. The van der Waals surface area contributed by atoms with Gasteiger partial charge in [-0.15, -0.1) is 0 Å². The largest absolute Gasteiger partial charge is 0.416 e. The van der Waals surface area contributed by atoms with Crippen molar-refractivity contribution in [2.45, 2.75) is 11.1 Å². The van der Waals surface area contributed by atoms with E-state index in [9.17, 15) is 18.0 Å². The minimum atomic E-state index is -4.50. The fourth-order valence-corrected chi connectivity index (χ4v) is 4.13. The molecule has 0 bridgehead atoms. The third-order valence-corrected chi connectivity index (χ3v) is 6.06. The molecular weight excluding hydrogens is 485 g/mol. The molecule has 0 saturated carbocycles. The van der Waals surface area contributed by atoms with Crippen LogP contribution in [0.4, 0.5) is 46.4 Å². The summed E-state index contributed by atoms with van der Waals surface area (Å²) in [7, 11) is 1.87. The van der Waals surface area contributed by atoms with E-state index in [1.54, 1.807) is 6.07 Å². The van der Waals surface area contributed by atoms with Crippen molar-refractivity contribution in [1.82, 2.24) is 0 Å². The number of benzene rings is 4. The van der Waals surface area contributed by atoms with Crippen LogP contribution in [-0.4, -0.2) is 13.1 Å². The summed E-state index contributed by atoms with van der Waals surface area (Å²) in [4.78, 5) is 15.5. The summed E-state index contributed by atoms with van der Waals surface area (Å²) >= 11 is 1.37. The number of amides is 2. The van der Waals surface area contributed by atoms with E-state index < -0.39 is 17.8 Å². The Hall–Kier alpha value is -4.11. The standard InChI is InChI=1S/C27H23F3N4OS/c1-34(22-13-6-3-7-14-22)25-16-15-23(36-33-20-10-4-2-5-11-20)18-24(25)32-26(35)31-21-12-8-9-19(17-21)27(28,29)30/h2-18,33H,1H3,(H2,31,32,35). The second kappa shape index (κ2) is 11.1. The monoisotopic (exact) mass is 508 g/mol. The maximum atomic E-state index is 13.1. The molecule has 0 aromatic heterocycles. The van der Waals surface area contributed by atoms with Crippen molar-refractivity contribution >= 4 is 46.4 Å². The Morgan fingerprint density at radius 2 is 1.44 bits per heavy atom. The average Bonchev–Trinajstić information content (AvgIpc) is 2.88. The quantitative estimate of drug-likeness (QED) is 0.220. The smallest absolute Gasteiger partial charge is 0.343 e. The van der Waals surface area contributed by atoms with Crippen molar-refractivity contribution in [2.24, 2.45) is 0 Å². The van der Waals surface area contributed by atoms with Crippen LogP contribution in [0.1, 0.15) is 5.56 Å². The summed E-state index contributed by atoms with van der Waals surface area (Å²) in [6.45, 7) is 0. The fourth-order valence-electron chi connectivity index (χ4n) is 3.44. The molecule has 2 amide bonds. The van der Waals surface area contributed by atoms with E-state index in [0.717, 1.165) is 28.4 Å². The lowest BCUT2D eigenvalue weighted by molar-refractivity contribution is -0.137. The highest BCUT2D eigenvalue weighted by Gasteiger charge is 2.30. The van der Waals surface area contributed by atoms with Gasteiger partial charge in [0.2, 0.25) is 0 Å². The summed E-state index contributed by atoms with van der Waals surface area (Å²) in [5.41, 5.74) is 2.23. The number of rotatable bonds is 7. The van der Waals surface area contributed by atoms with Crippen LogP contribution in [0.2, 0.25) is 0 Å². The highest BCUT2D eigenvalue weighted by molar-refractivity contribution is 8.00. The third-order valence-electron chi connectivity index (χ3n) is 5.23. The van der Waals surface area contributed by atoms with E-state index in [0.29, 0.717) is 11.4 Å². The predicted molar refractivity (Wildman–Crippen MR) is 141 cm³/mol. The van der Waals surface area contributed by atoms with Gasteiger partial charge in [-0.3, -0.25) is 0 Å². The number of carbonyl (C=O) groups is 1. The second-order valence-corrected chi connectivity index (χ2v) is 8.68. The summed E-state index contributed by atoms with van der Waals surface area (Å²) in [6, 6.07) is 28.7. The van der Waals surface area contributed by atoms with Gasteiger partial charge in [0.25, 0.3) is 0 Å². The van der Waals surface area contributed by atoms with Gasteiger partial charge in [-0.05, 0) is 72.6 Å². The zero-order valence-corrected chi connectivity index (χ0v) is 20.0. The maximum Gasteiger partial charge on any atom is 0.416 e. The van der Waals surface area contributed by atoms with Gasteiger partial charge in [-0.25, -0.2) is 4.79 Å². The minimum Gasteiger partial charge on any atom is -0.343 e. The number of alkyl halides is 3. The van der Waals surface area contributed by atoms with E-state index in [1.165, 1.54) is 24.1 Å². The van der Waals surface area contributed by atoms with Gasteiger partial charge >= 0.3 is 12.2 Å². The van der Waals surface area contributed by atoms with Gasteiger partial charge in [-0.2, -0.15) is 13.2 Å². The highest BCUT2D eigenvalue weighted by atomic mass is 32.2. The Morgan fingerprint density at radius 3 is 2.14 bits per heavy atom. The van der Waals surface area contributed by atoms with Crippen molar-refractivity contribution in [1.29, 1.82) is 0 Å². The number of anilines is 5. The topological polar surface area (TPSA) is 56.4 Å². The summed E-state index contributed by atoms with van der Waals surface area (Å²) < 4.78 is 42.4. The van der Waals surface area contributed by atoms with Crippen molar-refractivity contribution in [3.63, 3.8) is 0 Å². The molecule has 0 radical (unpaired) electrons. The molecule has 4 aromatic carbocycles. The minimum absolute atomic E-state index is 0.0385. The van der Waals surface area contributed by atoms with E-state index in [4.69, 9.17) is 0 Å². The second-order valence-electron chi connectivity index (χ2n) is 7.80. The first kappa shape index (κ1) is 25.0. The molecule has 3 N–H and O–H groups in total. The van der Waals surface area contributed by atoms with Gasteiger partial charge < -0.3 is 20.3 Å². The Bertz CT molecular complexity index is 1320. The average molecular weight is 509 g/mol. The zero-order valence-electron chi connectivity index (χ0n) is 19.2. The maximum absolute atomic E-state index is 13.1. The Labute approximate surface area is 211 Å². The molecule has 0 aliphatic rings. The molecule has 5 nitrogen and oxygen atoms in total. The van der Waals surface area contributed by atoms with Crippen LogP contribution >= 0.6 is 11.9 Å². The lowest BCUT2D eigenvalue weighted by Crippen LogP contribution is -2.22. The van der Waals surface area contributed by atoms with Crippen LogP contribution in [0.5, 0.6) is 0 Å². The molecule has 0 aliphatic carbocycles. The fraction of sp³-hybridized carbons (Fsp3) is 0.0741. The van der Waals surface area contributed by atoms with Crippen LogP contribution in [-0.2, 0) is 6.18 Å². The van der Waals surface area contributed by atoms with Gasteiger partial charge in [0.1, 0.15) is 0 Å². The molecular formula is C27H23F3N4OS. The van der Waals surface area contributed by atoms with Crippen LogP contribution in [0.3, 0.4) is 0 Å². The molecule has 0 unspecified atom stereocenters. The lowest BCUT2D eigenvalue weighted by Gasteiger charge is -2.23. The van der Waals surface area contributed by atoms with Crippen LogP contribution < -0.4 is 20.3 Å². The molecule has 0 heterocycles. The number of nitrogens with one attached hydrogen (secondary N) is 3. The summed E-state index contributed by atoms with van der Waals surface area (Å²) in [6.07, 6.45) is -4.50. The zero-order chi connectivity index (χ0) is 25.5. The van der Waals surface area contributed by atoms with Crippen LogP contribution in [0.25, 0.3) is 0 Å². The highest BCUT2D eigenvalue weighted by Crippen LogP contribution is 2.35. The number of hydrogen-bond acceptors (Lipinski definition) is 4. The Balaban J connectivity index is 1.57. The van der Waals surface area contributed by atoms with E-state index in [1.807, 2.05) is 84.7 Å². The van der Waals surface area contributed by atoms with Crippen molar-refractivity contribution in [3.8, 4) is 0 Å². The van der Waals surface area contributed by atoms with E-state index >= 15 is 0 Å². The molecule has 0 atom stereocenters. The molecule has 36 heavy (non-hydrogen) atoms. The number of nitrogens with zero attached hydrogens (tertiary/aromatic N) is 1. The molecule has 4 aromatic rings. The van der Waals surface area contributed by atoms with Crippen LogP contribution in [0.15, 0.2) is 108 Å².